The smallest absolute Gasteiger partial charge is 0.198 e. The van der Waals surface area contributed by atoms with Crippen LogP contribution in [-0.4, -0.2) is 26.8 Å². The zero-order valence-electron chi connectivity index (χ0n) is 7.19. The molecule has 0 saturated carbocycles. The Bertz CT molecular complexity index is 279. The number of aryl methyl sites for hydroxylation is 1. The predicted octanol–water partition coefficient (Wildman–Crippen LogP) is -0.172. The Balaban J connectivity index is 2.94. The van der Waals surface area contributed by atoms with Crippen LogP contribution < -0.4 is 5.73 Å². The summed E-state index contributed by atoms with van der Waals surface area (Å²) >= 11 is 0. The van der Waals surface area contributed by atoms with Crippen LogP contribution in [0.3, 0.4) is 0 Å². The molecule has 1 atom stereocenters. The molecule has 0 aromatic carbocycles. The van der Waals surface area contributed by atoms with Gasteiger partial charge < -0.3 is 5.73 Å². The Labute approximate surface area is 70.6 Å². The molecule has 0 radical (unpaired) electrons. The Morgan fingerprint density at radius 1 is 1.83 bits per heavy atom. The average molecular weight is 168 g/mol. The number of nitrogens with zero attached hydrogens (tertiary/aromatic N) is 3. The maximum atomic E-state index is 11.4. The molecule has 1 rings (SSSR count). The van der Waals surface area contributed by atoms with Gasteiger partial charge >= 0.3 is 0 Å². The van der Waals surface area contributed by atoms with Gasteiger partial charge in [-0.3, -0.25) is 4.79 Å². The highest BCUT2D eigenvalue weighted by atomic mass is 16.1. The van der Waals surface area contributed by atoms with E-state index in [0.717, 1.165) is 0 Å². The van der Waals surface area contributed by atoms with Crippen molar-refractivity contribution in [1.82, 2.24) is 15.0 Å². The van der Waals surface area contributed by atoms with E-state index in [1.54, 1.807) is 6.92 Å². The lowest BCUT2D eigenvalue weighted by Crippen LogP contribution is -2.28. The van der Waals surface area contributed by atoms with Crippen LogP contribution in [0.2, 0.25) is 0 Å². The van der Waals surface area contributed by atoms with E-state index >= 15 is 0 Å². The van der Waals surface area contributed by atoms with Gasteiger partial charge in [-0.1, -0.05) is 5.21 Å². The predicted molar refractivity (Wildman–Crippen MR) is 43.7 cm³/mol. The molecule has 5 heteroatoms. The molecule has 0 spiro atoms. The summed E-state index contributed by atoms with van der Waals surface area (Å²) in [5.41, 5.74) is 5.91. The summed E-state index contributed by atoms with van der Waals surface area (Å²) in [5.74, 6) is -0.123. The Morgan fingerprint density at radius 3 is 3.00 bits per heavy atom. The molecule has 0 amide bonds. The molecule has 5 nitrogen and oxygen atoms in total. The van der Waals surface area contributed by atoms with Gasteiger partial charge in [0.15, 0.2) is 5.78 Å². The van der Waals surface area contributed by atoms with Gasteiger partial charge in [0.05, 0.1) is 12.2 Å². The van der Waals surface area contributed by atoms with E-state index in [2.05, 4.69) is 10.3 Å². The van der Waals surface area contributed by atoms with Gasteiger partial charge in [-0.15, -0.1) is 5.10 Å². The summed E-state index contributed by atoms with van der Waals surface area (Å²) in [6.07, 6.45) is 1.44. The zero-order chi connectivity index (χ0) is 9.14. The summed E-state index contributed by atoms with van der Waals surface area (Å²) in [7, 11) is 0. The van der Waals surface area contributed by atoms with Gasteiger partial charge in [-0.2, -0.15) is 0 Å². The fourth-order valence-electron chi connectivity index (χ4n) is 0.915. The first-order chi connectivity index (χ1) is 5.66. The third kappa shape index (κ3) is 1.50. The summed E-state index contributed by atoms with van der Waals surface area (Å²) in [6.45, 7) is 4.18. The Kier molecular flexibility index (Phi) is 2.54. The maximum Gasteiger partial charge on any atom is 0.198 e. The molecule has 1 aromatic heterocycles. The van der Waals surface area contributed by atoms with Gasteiger partial charge in [0, 0.05) is 6.54 Å². The molecule has 0 bridgehead atoms. The van der Waals surface area contributed by atoms with Crippen molar-refractivity contribution in [1.29, 1.82) is 0 Å². The van der Waals surface area contributed by atoms with E-state index in [1.807, 2.05) is 6.92 Å². The fraction of sp³-hybridized carbons (Fsp3) is 0.571. The number of Topliss-reactive ketones (excluding diaryl/α,β-unsaturated/α-hetero) is 1. The van der Waals surface area contributed by atoms with Crippen molar-refractivity contribution < 1.29 is 4.79 Å². The Morgan fingerprint density at radius 2 is 2.50 bits per heavy atom. The second-order valence-electron chi connectivity index (χ2n) is 2.59. The number of hydrogen-bond acceptors (Lipinski definition) is 4. The van der Waals surface area contributed by atoms with E-state index in [9.17, 15) is 4.79 Å². The van der Waals surface area contributed by atoms with Crippen molar-refractivity contribution in [2.45, 2.75) is 26.4 Å². The van der Waals surface area contributed by atoms with Gasteiger partial charge in [-0.25, -0.2) is 4.68 Å². The number of rotatable bonds is 3. The summed E-state index contributed by atoms with van der Waals surface area (Å²) < 4.78 is 1.53. The molecule has 12 heavy (non-hydrogen) atoms. The second-order valence-corrected chi connectivity index (χ2v) is 2.59. The highest BCUT2D eigenvalue weighted by Crippen LogP contribution is 1.99. The van der Waals surface area contributed by atoms with Crippen molar-refractivity contribution in [3.05, 3.63) is 11.9 Å². The highest BCUT2D eigenvalue weighted by Gasteiger charge is 2.15. The van der Waals surface area contributed by atoms with Gasteiger partial charge in [-0.05, 0) is 13.8 Å². The van der Waals surface area contributed by atoms with Crippen LogP contribution in [0.25, 0.3) is 0 Å². The number of ketones is 1. The lowest BCUT2D eigenvalue weighted by molar-refractivity contribution is 0.0957. The molecule has 0 fully saturated rings. The quantitative estimate of drug-likeness (QED) is 0.636. The molecular formula is C7H12N4O. The van der Waals surface area contributed by atoms with Crippen molar-refractivity contribution in [2.75, 3.05) is 0 Å². The molecule has 1 aromatic rings. The fourth-order valence-corrected chi connectivity index (χ4v) is 0.915. The molecule has 0 aliphatic carbocycles. The van der Waals surface area contributed by atoms with Crippen LogP contribution >= 0.6 is 0 Å². The van der Waals surface area contributed by atoms with Crippen LogP contribution in [0, 0.1) is 0 Å². The summed E-state index contributed by atoms with van der Waals surface area (Å²) in [5, 5.41) is 7.36. The Hall–Kier alpha value is -1.23. The van der Waals surface area contributed by atoms with Crippen LogP contribution in [-0.2, 0) is 6.54 Å². The van der Waals surface area contributed by atoms with Crippen molar-refractivity contribution in [3.8, 4) is 0 Å². The van der Waals surface area contributed by atoms with E-state index in [-0.39, 0.29) is 5.78 Å². The highest BCUT2D eigenvalue weighted by molar-refractivity contribution is 5.97. The third-order valence-corrected chi connectivity index (χ3v) is 1.58. The first kappa shape index (κ1) is 8.86. The minimum atomic E-state index is -0.492. The molecule has 0 aliphatic rings. The first-order valence-corrected chi connectivity index (χ1v) is 3.85. The lowest BCUT2D eigenvalue weighted by atomic mass is 10.2. The largest absolute Gasteiger partial charge is 0.321 e. The lowest BCUT2D eigenvalue weighted by Gasteiger charge is -2.04. The maximum absolute atomic E-state index is 11.4. The standard InChI is InChI=1S/C7H12N4O/c1-3-11-6(4-9-10-11)7(12)5(2)8/h4-5H,3,8H2,1-2H3. The second kappa shape index (κ2) is 3.44. The van der Waals surface area contributed by atoms with E-state index in [0.29, 0.717) is 12.2 Å². The molecule has 0 saturated heterocycles. The van der Waals surface area contributed by atoms with Crippen LogP contribution in [0.4, 0.5) is 0 Å². The number of carbonyl (C=O) groups is 1. The molecule has 1 unspecified atom stereocenters. The molecule has 1 heterocycles. The average Bonchev–Trinajstić information content (AvgIpc) is 2.49. The van der Waals surface area contributed by atoms with Crippen LogP contribution in [0.1, 0.15) is 24.3 Å². The number of aromatic nitrogens is 3. The first-order valence-electron chi connectivity index (χ1n) is 3.85. The van der Waals surface area contributed by atoms with Crippen LogP contribution in [0.15, 0.2) is 6.20 Å². The van der Waals surface area contributed by atoms with Gasteiger partial charge in [0.25, 0.3) is 0 Å². The number of nitrogens with two attached hydrogens (primary N) is 1. The molecule has 0 aliphatic heterocycles. The van der Waals surface area contributed by atoms with Gasteiger partial charge in [0.1, 0.15) is 5.69 Å². The van der Waals surface area contributed by atoms with Crippen molar-refractivity contribution in [2.24, 2.45) is 5.73 Å². The third-order valence-electron chi connectivity index (χ3n) is 1.58. The van der Waals surface area contributed by atoms with E-state index in [4.69, 9.17) is 5.73 Å². The molecular weight excluding hydrogens is 156 g/mol. The monoisotopic (exact) mass is 168 g/mol. The SMILES string of the molecule is CCn1nncc1C(=O)C(C)N. The zero-order valence-corrected chi connectivity index (χ0v) is 7.19. The number of carbonyl (C=O) groups excluding carboxylic acids is 1. The minimum absolute atomic E-state index is 0.123. The topological polar surface area (TPSA) is 73.8 Å². The van der Waals surface area contributed by atoms with Crippen molar-refractivity contribution >= 4 is 5.78 Å². The van der Waals surface area contributed by atoms with E-state index in [1.165, 1.54) is 10.9 Å². The van der Waals surface area contributed by atoms with Crippen LogP contribution in [0.5, 0.6) is 0 Å². The normalized spacial score (nSPS) is 12.9. The summed E-state index contributed by atoms with van der Waals surface area (Å²) in [4.78, 5) is 11.4. The minimum Gasteiger partial charge on any atom is -0.321 e. The molecule has 66 valence electrons. The summed E-state index contributed by atoms with van der Waals surface area (Å²) in [6, 6.07) is -0.492. The number of hydrogen-bond donors (Lipinski definition) is 1. The van der Waals surface area contributed by atoms with Gasteiger partial charge in [0.2, 0.25) is 0 Å². The van der Waals surface area contributed by atoms with E-state index < -0.39 is 6.04 Å². The molecule has 2 N–H and O–H groups in total. The van der Waals surface area contributed by atoms with Crippen molar-refractivity contribution in [3.63, 3.8) is 0 Å².